The van der Waals surface area contributed by atoms with Crippen molar-refractivity contribution in [3.63, 3.8) is 0 Å². The summed E-state index contributed by atoms with van der Waals surface area (Å²) in [6.07, 6.45) is -7.11. The Morgan fingerprint density at radius 3 is 1.95 bits per heavy atom. The van der Waals surface area contributed by atoms with Crippen molar-refractivity contribution in [3.05, 3.63) is 83.4 Å². The summed E-state index contributed by atoms with van der Waals surface area (Å²) in [6.45, 7) is 4.49. The zero-order valence-corrected chi connectivity index (χ0v) is 19.9. The van der Waals surface area contributed by atoms with E-state index in [4.69, 9.17) is 9.47 Å². The highest BCUT2D eigenvalue weighted by atomic mass is 19.4. The number of halogens is 6. The van der Waals surface area contributed by atoms with Crippen molar-refractivity contribution in [2.75, 3.05) is 13.2 Å². The lowest BCUT2D eigenvalue weighted by atomic mass is 9.73. The molecule has 1 saturated carbocycles. The minimum atomic E-state index is -5.02. The molecule has 200 valence electrons. The molecule has 37 heavy (non-hydrogen) atoms. The molecule has 1 heterocycles. The first-order valence-electron chi connectivity index (χ1n) is 11.9. The fraction of sp³-hybridized carbons (Fsp3) is 0.444. The number of hydrogen-bond acceptors (Lipinski definition) is 3. The van der Waals surface area contributed by atoms with E-state index in [0.29, 0.717) is 51.0 Å². The number of alkyl halides is 6. The zero-order valence-electron chi connectivity index (χ0n) is 19.9. The number of ether oxygens (including phenoxy) is 2. The van der Waals surface area contributed by atoms with Gasteiger partial charge in [-0.25, -0.2) is 0 Å². The van der Waals surface area contributed by atoms with Gasteiger partial charge in [0.05, 0.1) is 35.8 Å². The molecule has 0 aromatic heterocycles. The fourth-order valence-corrected chi connectivity index (χ4v) is 5.15. The number of carbonyl (C=O) groups is 1. The molecule has 4 rings (SSSR count). The number of amides is 1. The Bertz CT molecular complexity index is 1080. The van der Waals surface area contributed by atoms with Crippen LogP contribution in [0.5, 0.6) is 0 Å². The van der Waals surface area contributed by atoms with Gasteiger partial charge in [0.25, 0.3) is 0 Å². The lowest BCUT2D eigenvalue weighted by Crippen LogP contribution is -2.53. The van der Waals surface area contributed by atoms with Crippen LogP contribution < -0.4 is 5.32 Å². The van der Waals surface area contributed by atoms with Crippen LogP contribution in [0.4, 0.5) is 26.3 Å². The Morgan fingerprint density at radius 2 is 1.46 bits per heavy atom. The highest BCUT2D eigenvalue weighted by Gasteiger charge is 2.48. The van der Waals surface area contributed by atoms with Gasteiger partial charge in [-0.1, -0.05) is 36.4 Å². The number of rotatable bonds is 6. The fourth-order valence-electron chi connectivity index (χ4n) is 5.15. The Morgan fingerprint density at radius 1 is 0.919 bits per heavy atom. The van der Waals surface area contributed by atoms with Gasteiger partial charge >= 0.3 is 12.4 Å². The normalized spacial score (nSPS) is 19.9. The van der Waals surface area contributed by atoms with Gasteiger partial charge in [-0.05, 0) is 48.6 Å². The Balaban J connectivity index is 1.70. The Hall–Kier alpha value is -2.85. The summed E-state index contributed by atoms with van der Waals surface area (Å²) >= 11 is 0. The molecular formula is C27H27F6NO3. The largest absolute Gasteiger partial charge is 0.416 e. The first-order chi connectivity index (χ1) is 17.4. The lowest BCUT2D eigenvalue weighted by molar-refractivity contribution is -0.187. The summed E-state index contributed by atoms with van der Waals surface area (Å²) < 4.78 is 92.4. The molecule has 1 aliphatic heterocycles. The van der Waals surface area contributed by atoms with Crippen molar-refractivity contribution in [1.29, 1.82) is 0 Å². The van der Waals surface area contributed by atoms with E-state index in [-0.39, 0.29) is 18.1 Å². The quantitative estimate of drug-likeness (QED) is 0.336. The predicted molar refractivity (Wildman–Crippen MR) is 123 cm³/mol. The van der Waals surface area contributed by atoms with Crippen LogP contribution in [0.2, 0.25) is 0 Å². The Labute approximate surface area is 210 Å². The van der Waals surface area contributed by atoms with Gasteiger partial charge in [0.1, 0.15) is 0 Å². The van der Waals surface area contributed by atoms with Crippen molar-refractivity contribution in [1.82, 2.24) is 5.32 Å². The summed E-state index contributed by atoms with van der Waals surface area (Å²) in [5.41, 5.74) is -3.42. The highest BCUT2D eigenvalue weighted by Crippen LogP contribution is 2.46. The second-order valence-corrected chi connectivity index (χ2v) is 9.46. The second kappa shape index (κ2) is 10.1. The van der Waals surface area contributed by atoms with E-state index < -0.39 is 46.6 Å². The molecule has 10 heteroatoms. The van der Waals surface area contributed by atoms with Crippen molar-refractivity contribution in [2.45, 2.75) is 61.7 Å². The summed E-state index contributed by atoms with van der Waals surface area (Å²) in [5.74, 6) is -2.73. The average Bonchev–Trinajstić information content (AvgIpc) is 3.31. The number of hydrogen-bond donors (Lipinski definition) is 1. The van der Waals surface area contributed by atoms with Gasteiger partial charge in [-0.3, -0.25) is 4.79 Å². The van der Waals surface area contributed by atoms with E-state index in [9.17, 15) is 31.1 Å². The van der Waals surface area contributed by atoms with Crippen LogP contribution in [0.1, 0.15) is 60.3 Å². The third kappa shape index (κ3) is 5.85. The molecule has 1 N–H and O–H groups in total. The van der Waals surface area contributed by atoms with E-state index in [2.05, 4.69) is 11.9 Å². The molecule has 4 nitrogen and oxygen atoms in total. The van der Waals surface area contributed by atoms with Crippen LogP contribution in [0.15, 0.2) is 61.2 Å². The summed E-state index contributed by atoms with van der Waals surface area (Å²) in [7, 11) is 0. The van der Waals surface area contributed by atoms with Crippen molar-refractivity contribution in [3.8, 4) is 0 Å². The topological polar surface area (TPSA) is 47.6 Å². The van der Waals surface area contributed by atoms with E-state index in [1.54, 1.807) is 12.1 Å². The third-order valence-electron chi connectivity index (χ3n) is 7.10. The standard InChI is InChI=1S/C27H27F6NO3/c1-2-6-22(18-15-20(26(28,29)30)17-21(16-18)27(31,32)33)23(35)34-24(19-7-4-3-5-8-19)9-11-25(12-10-24)36-13-14-37-25/h2-5,7-8,15-17,22H,1,6,9-14H2,(H,34,35)/t22-/m0/s1. The molecular weight excluding hydrogens is 500 g/mol. The van der Waals surface area contributed by atoms with E-state index in [0.717, 1.165) is 5.56 Å². The molecule has 2 aromatic carbocycles. The van der Waals surface area contributed by atoms with Crippen molar-refractivity contribution < 1.29 is 40.6 Å². The maximum absolute atomic E-state index is 13.6. The van der Waals surface area contributed by atoms with Crippen molar-refractivity contribution in [2.24, 2.45) is 0 Å². The monoisotopic (exact) mass is 527 g/mol. The summed E-state index contributed by atoms with van der Waals surface area (Å²) in [5, 5.41) is 2.99. The third-order valence-corrected chi connectivity index (χ3v) is 7.10. The molecule has 1 aliphatic carbocycles. The number of allylic oxidation sites excluding steroid dienone is 1. The molecule has 1 saturated heterocycles. The summed E-state index contributed by atoms with van der Waals surface area (Å²) in [4.78, 5) is 13.6. The van der Waals surface area contributed by atoms with Gasteiger partial charge in [0.15, 0.2) is 5.79 Å². The average molecular weight is 528 g/mol. The molecule has 1 atom stereocenters. The van der Waals surface area contributed by atoms with Gasteiger partial charge in [-0.15, -0.1) is 6.58 Å². The molecule has 0 unspecified atom stereocenters. The van der Waals surface area contributed by atoms with Crippen LogP contribution in [0.25, 0.3) is 0 Å². The van der Waals surface area contributed by atoms with E-state index >= 15 is 0 Å². The van der Waals surface area contributed by atoms with Crippen LogP contribution in [0.3, 0.4) is 0 Å². The number of carbonyl (C=O) groups excluding carboxylic acids is 1. The predicted octanol–water partition coefficient (Wildman–Crippen LogP) is 6.71. The molecule has 1 amide bonds. The lowest BCUT2D eigenvalue weighted by Gasteiger charge is -2.45. The minimum absolute atomic E-state index is 0.0556. The molecule has 2 aromatic rings. The van der Waals surface area contributed by atoms with Crippen LogP contribution in [-0.4, -0.2) is 24.9 Å². The first-order valence-corrected chi connectivity index (χ1v) is 11.9. The molecule has 0 bridgehead atoms. The number of nitrogens with one attached hydrogen (secondary N) is 1. The number of benzene rings is 2. The Kier molecular flexibility index (Phi) is 7.45. The second-order valence-electron chi connectivity index (χ2n) is 9.46. The highest BCUT2D eigenvalue weighted by molar-refractivity contribution is 5.85. The van der Waals surface area contributed by atoms with Crippen LogP contribution in [0, 0.1) is 0 Å². The maximum Gasteiger partial charge on any atom is 0.416 e. The summed E-state index contributed by atoms with van der Waals surface area (Å²) in [6, 6.07) is 10.4. The molecule has 2 fully saturated rings. The van der Waals surface area contributed by atoms with Crippen molar-refractivity contribution >= 4 is 5.91 Å². The van der Waals surface area contributed by atoms with Crippen LogP contribution >= 0.6 is 0 Å². The van der Waals surface area contributed by atoms with E-state index in [1.165, 1.54) is 6.08 Å². The SMILES string of the molecule is C=CC[C@H](C(=O)NC1(c2ccccc2)CCC2(CC1)OCCO2)c1cc(C(F)(F)F)cc(C(F)(F)F)c1. The minimum Gasteiger partial charge on any atom is -0.348 e. The maximum atomic E-state index is 13.6. The van der Waals surface area contributed by atoms with Crippen LogP contribution in [-0.2, 0) is 32.2 Å². The van der Waals surface area contributed by atoms with Gasteiger partial charge < -0.3 is 14.8 Å². The van der Waals surface area contributed by atoms with Gasteiger partial charge in [-0.2, -0.15) is 26.3 Å². The molecule has 1 spiro atoms. The smallest absolute Gasteiger partial charge is 0.348 e. The van der Waals surface area contributed by atoms with E-state index in [1.807, 2.05) is 18.2 Å². The zero-order chi connectivity index (χ0) is 26.9. The van der Waals surface area contributed by atoms with Gasteiger partial charge in [0.2, 0.25) is 5.91 Å². The first kappa shape index (κ1) is 27.2. The molecule has 0 radical (unpaired) electrons. The van der Waals surface area contributed by atoms with Gasteiger partial charge in [0, 0.05) is 12.8 Å². The molecule has 2 aliphatic rings.